The van der Waals surface area contributed by atoms with Crippen LogP contribution in [0.15, 0.2) is 82.2 Å². The molecule has 4 rings (SSSR count). The van der Waals surface area contributed by atoms with Crippen molar-refractivity contribution < 1.29 is 18.0 Å². The predicted molar refractivity (Wildman–Crippen MR) is 166 cm³/mol. The zero-order valence-electron chi connectivity index (χ0n) is 23.8. The first-order chi connectivity index (χ1) is 19.5. The van der Waals surface area contributed by atoms with Gasteiger partial charge in [0.2, 0.25) is 11.8 Å². The number of rotatable bonds is 10. The Kier molecular flexibility index (Phi) is 10.3. The summed E-state index contributed by atoms with van der Waals surface area (Å²) in [7, 11) is -4.10. The van der Waals surface area contributed by atoms with E-state index in [0.29, 0.717) is 10.2 Å². The monoisotopic (exact) mass is 639 g/mol. The molecule has 1 aliphatic carbocycles. The standard InChI is InChI=1S/C32H38BrN3O4S/c1-23-15-17-30(18-16-23)41(39,40)36(29-14-8-11-27(33)20-29)22-31(37)35(21-26-10-7-9-24(2)19-26)25(3)32(38)34-28-12-5-4-6-13-28/h7-11,14-20,25,28H,4-6,12-13,21-22H2,1-3H3,(H,34,38)/t25-/m1/s1. The molecule has 7 nitrogen and oxygen atoms in total. The van der Waals surface area contributed by atoms with E-state index in [4.69, 9.17) is 0 Å². The molecule has 2 amide bonds. The van der Waals surface area contributed by atoms with Crippen LogP contribution < -0.4 is 9.62 Å². The first-order valence-corrected chi connectivity index (χ1v) is 16.3. The zero-order valence-corrected chi connectivity index (χ0v) is 26.2. The number of hydrogen-bond acceptors (Lipinski definition) is 4. The quantitative estimate of drug-likeness (QED) is 0.289. The predicted octanol–water partition coefficient (Wildman–Crippen LogP) is 6.13. The van der Waals surface area contributed by atoms with Gasteiger partial charge in [-0.15, -0.1) is 0 Å². The molecule has 0 spiro atoms. The van der Waals surface area contributed by atoms with Crippen LogP contribution >= 0.6 is 15.9 Å². The number of benzene rings is 3. The van der Waals surface area contributed by atoms with E-state index in [1.807, 2.05) is 38.1 Å². The van der Waals surface area contributed by atoms with Gasteiger partial charge in [0.15, 0.2) is 0 Å². The van der Waals surface area contributed by atoms with Crippen LogP contribution in [0.3, 0.4) is 0 Å². The Morgan fingerprint density at radius 1 is 0.927 bits per heavy atom. The van der Waals surface area contributed by atoms with Crippen molar-refractivity contribution in [3.63, 3.8) is 0 Å². The first-order valence-electron chi connectivity index (χ1n) is 14.0. The molecular formula is C32H38BrN3O4S. The third-order valence-corrected chi connectivity index (χ3v) is 9.82. The van der Waals surface area contributed by atoms with E-state index >= 15 is 0 Å². The molecule has 0 aromatic heterocycles. The molecule has 1 fully saturated rings. The van der Waals surface area contributed by atoms with Gasteiger partial charge in [0.05, 0.1) is 10.6 Å². The van der Waals surface area contributed by atoms with Gasteiger partial charge in [-0.3, -0.25) is 13.9 Å². The number of sulfonamides is 1. The fourth-order valence-electron chi connectivity index (χ4n) is 5.16. The molecule has 0 unspecified atom stereocenters. The van der Waals surface area contributed by atoms with Gasteiger partial charge in [-0.05, 0) is 69.5 Å². The van der Waals surface area contributed by atoms with Crippen LogP contribution in [0.4, 0.5) is 5.69 Å². The number of aryl methyl sites for hydroxylation is 2. The number of carbonyl (C=O) groups excluding carboxylic acids is 2. The molecule has 1 saturated carbocycles. The Labute approximate surface area is 252 Å². The lowest BCUT2D eigenvalue weighted by molar-refractivity contribution is -0.139. The van der Waals surface area contributed by atoms with Crippen LogP contribution in [-0.2, 0) is 26.2 Å². The number of nitrogens with zero attached hydrogens (tertiary/aromatic N) is 2. The highest BCUT2D eigenvalue weighted by molar-refractivity contribution is 9.10. The first kappa shape index (κ1) is 30.8. The van der Waals surface area contributed by atoms with E-state index in [0.717, 1.165) is 46.7 Å². The number of nitrogens with one attached hydrogen (secondary N) is 1. The average molecular weight is 641 g/mol. The molecule has 0 radical (unpaired) electrons. The van der Waals surface area contributed by atoms with Crippen LogP contribution in [0, 0.1) is 13.8 Å². The normalized spacial score (nSPS) is 14.7. The number of carbonyl (C=O) groups is 2. The van der Waals surface area contributed by atoms with Crippen LogP contribution in [0.5, 0.6) is 0 Å². The van der Waals surface area contributed by atoms with Crippen LogP contribution in [0.25, 0.3) is 0 Å². The summed E-state index contributed by atoms with van der Waals surface area (Å²) in [5.41, 5.74) is 3.18. The van der Waals surface area contributed by atoms with Gasteiger partial charge in [0.1, 0.15) is 12.6 Å². The highest BCUT2D eigenvalue weighted by Gasteiger charge is 2.33. The van der Waals surface area contributed by atoms with Crippen molar-refractivity contribution in [3.8, 4) is 0 Å². The number of halogens is 1. The summed E-state index contributed by atoms with van der Waals surface area (Å²) in [5, 5.41) is 3.13. The lowest BCUT2D eigenvalue weighted by Crippen LogP contribution is -2.53. The summed E-state index contributed by atoms with van der Waals surface area (Å²) in [4.78, 5) is 29.1. The Morgan fingerprint density at radius 3 is 2.27 bits per heavy atom. The third-order valence-electron chi connectivity index (χ3n) is 7.54. The summed E-state index contributed by atoms with van der Waals surface area (Å²) in [5.74, 6) is -0.693. The highest BCUT2D eigenvalue weighted by Crippen LogP contribution is 2.27. The van der Waals surface area contributed by atoms with Crippen molar-refractivity contribution in [3.05, 3.63) is 94.0 Å². The Bertz CT molecular complexity index is 1470. The topological polar surface area (TPSA) is 86.8 Å². The lowest BCUT2D eigenvalue weighted by atomic mass is 9.95. The second-order valence-corrected chi connectivity index (χ2v) is 13.6. The van der Waals surface area contributed by atoms with Crippen molar-refractivity contribution in [2.24, 2.45) is 0 Å². The van der Waals surface area contributed by atoms with E-state index in [9.17, 15) is 18.0 Å². The van der Waals surface area contributed by atoms with Crippen molar-refractivity contribution in [1.82, 2.24) is 10.2 Å². The molecule has 1 N–H and O–H groups in total. The Hall–Kier alpha value is -3.17. The minimum absolute atomic E-state index is 0.0872. The molecule has 3 aromatic carbocycles. The summed E-state index contributed by atoms with van der Waals surface area (Å²) < 4.78 is 29.7. The van der Waals surface area contributed by atoms with Gasteiger partial charge < -0.3 is 10.2 Å². The Morgan fingerprint density at radius 2 is 1.61 bits per heavy atom. The van der Waals surface area contributed by atoms with Gasteiger partial charge in [-0.1, -0.05) is 88.8 Å². The van der Waals surface area contributed by atoms with E-state index in [-0.39, 0.29) is 23.4 Å². The van der Waals surface area contributed by atoms with Gasteiger partial charge >= 0.3 is 0 Å². The molecular weight excluding hydrogens is 602 g/mol. The molecule has 0 saturated heterocycles. The second kappa shape index (κ2) is 13.7. The smallest absolute Gasteiger partial charge is 0.264 e. The largest absolute Gasteiger partial charge is 0.352 e. The van der Waals surface area contributed by atoms with Crippen LogP contribution in [0.2, 0.25) is 0 Å². The van der Waals surface area contributed by atoms with E-state index in [2.05, 4.69) is 21.2 Å². The maximum Gasteiger partial charge on any atom is 0.264 e. The maximum absolute atomic E-state index is 14.1. The van der Waals surface area contributed by atoms with Crippen LogP contribution in [-0.4, -0.2) is 43.8 Å². The van der Waals surface area contributed by atoms with E-state index in [1.165, 1.54) is 11.3 Å². The van der Waals surface area contributed by atoms with Gasteiger partial charge in [-0.2, -0.15) is 0 Å². The summed E-state index contributed by atoms with van der Waals surface area (Å²) in [6.07, 6.45) is 5.17. The zero-order chi connectivity index (χ0) is 29.6. The van der Waals surface area contributed by atoms with E-state index in [1.54, 1.807) is 55.5 Å². The molecule has 41 heavy (non-hydrogen) atoms. The molecule has 1 atom stereocenters. The van der Waals surface area contributed by atoms with Crippen molar-refractivity contribution in [2.75, 3.05) is 10.8 Å². The lowest BCUT2D eigenvalue weighted by Gasteiger charge is -2.33. The van der Waals surface area contributed by atoms with E-state index < -0.39 is 28.5 Å². The SMILES string of the molecule is Cc1ccc(S(=O)(=O)N(CC(=O)N(Cc2cccc(C)c2)[C@H](C)C(=O)NC2CCCCC2)c2cccc(Br)c2)cc1. The van der Waals surface area contributed by atoms with Gasteiger partial charge in [0, 0.05) is 17.1 Å². The molecule has 9 heteroatoms. The third kappa shape index (κ3) is 7.98. The molecule has 0 heterocycles. The Balaban J connectivity index is 1.68. The minimum Gasteiger partial charge on any atom is -0.352 e. The minimum atomic E-state index is -4.10. The second-order valence-electron chi connectivity index (χ2n) is 10.8. The van der Waals surface area contributed by atoms with Crippen LogP contribution in [0.1, 0.15) is 55.7 Å². The molecule has 0 aliphatic heterocycles. The highest BCUT2D eigenvalue weighted by atomic mass is 79.9. The van der Waals surface area contributed by atoms with Gasteiger partial charge in [-0.25, -0.2) is 8.42 Å². The fourth-order valence-corrected chi connectivity index (χ4v) is 6.95. The van der Waals surface area contributed by atoms with Crippen molar-refractivity contribution in [2.45, 2.75) is 76.4 Å². The molecule has 0 bridgehead atoms. The maximum atomic E-state index is 14.1. The average Bonchev–Trinajstić information content (AvgIpc) is 2.95. The molecule has 218 valence electrons. The fraction of sp³-hybridized carbons (Fsp3) is 0.375. The molecule has 3 aromatic rings. The van der Waals surface area contributed by atoms with Crippen molar-refractivity contribution >= 4 is 43.5 Å². The summed E-state index contributed by atoms with van der Waals surface area (Å²) in [6.45, 7) is 5.28. The summed E-state index contributed by atoms with van der Waals surface area (Å²) >= 11 is 3.43. The number of amides is 2. The van der Waals surface area contributed by atoms with Crippen molar-refractivity contribution in [1.29, 1.82) is 0 Å². The number of anilines is 1. The number of hydrogen-bond donors (Lipinski definition) is 1. The molecule has 1 aliphatic rings. The van der Waals surface area contributed by atoms with Gasteiger partial charge in [0.25, 0.3) is 10.0 Å². The summed E-state index contributed by atoms with van der Waals surface area (Å²) in [6, 6.07) is 20.5.